The SMILES string of the molecule is Cc1cc2c(C(C)C)ccc(Cl)c2n1CC1=NCCN1. The summed E-state index contributed by atoms with van der Waals surface area (Å²) in [6.07, 6.45) is 0. The molecule has 3 nitrogen and oxygen atoms in total. The molecule has 1 aliphatic heterocycles. The summed E-state index contributed by atoms with van der Waals surface area (Å²) in [7, 11) is 0. The molecule has 1 aliphatic rings. The summed E-state index contributed by atoms with van der Waals surface area (Å²) in [5, 5.41) is 5.41. The quantitative estimate of drug-likeness (QED) is 0.916. The number of hydrogen-bond donors (Lipinski definition) is 1. The van der Waals surface area contributed by atoms with Gasteiger partial charge in [-0.1, -0.05) is 31.5 Å². The van der Waals surface area contributed by atoms with Gasteiger partial charge >= 0.3 is 0 Å². The van der Waals surface area contributed by atoms with Crippen molar-refractivity contribution < 1.29 is 0 Å². The summed E-state index contributed by atoms with van der Waals surface area (Å²) in [5.41, 5.74) is 3.71. The molecule has 3 rings (SSSR count). The first-order valence-corrected chi connectivity index (χ1v) is 7.51. The molecular formula is C16H20ClN3. The molecule has 0 atom stereocenters. The lowest BCUT2D eigenvalue weighted by molar-refractivity contribution is 0.831. The van der Waals surface area contributed by atoms with E-state index in [1.165, 1.54) is 16.6 Å². The second-order valence-electron chi connectivity index (χ2n) is 5.68. The van der Waals surface area contributed by atoms with Gasteiger partial charge < -0.3 is 9.88 Å². The Balaban J connectivity index is 2.16. The van der Waals surface area contributed by atoms with E-state index in [2.05, 4.69) is 47.8 Å². The van der Waals surface area contributed by atoms with Crippen molar-refractivity contribution in [2.75, 3.05) is 13.1 Å². The Hall–Kier alpha value is -1.48. The van der Waals surface area contributed by atoms with E-state index in [-0.39, 0.29) is 0 Å². The van der Waals surface area contributed by atoms with Crippen LogP contribution in [0.25, 0.3) is 10.9 Å². The zero-order valence-electron chi connectivity index (χ0n) is 12.2. The average molecular weight is 290 g/mol. The van der Waals surface area contributed by atoms with Gasteiger partial charge in [0.2, 0.25) is 0 Å². The van der Waals surface area contributed by atoms with Gasteiger partial charge in [0.05, 0.1) is 23.6 Å². The van der Waals surface area contributed by atoms with E-state index in [9.17, 15) is 0 Å². The fourth-order valence-corrected chi connectivity index (χ4v) is 3.16. The molecular weight excluding hydrogens is 270 g/mol. The van der Waals surface area contributed by atoms with Crippen LogP contribution in [-0.2, 0) is 6.54 Å². The van der Waals surface area contributed by atoms with Crippen LogP contribution in [0.1, 0.15) is 31.0 Å². The lowest BCUT2D eigenvalue weighted by Gasteiger charge is -2.12. The van der Waals surface area contributed by atoms with Gasteiger partial charge in [0.25, 0.3) is 0 Å². The first-order valence-electron chi connectivity index (χ1n) is 7.13. The van der Waals surface area contributed by atoms with Crippen LogP contribution >= 0.6 is 11.6 Å². The molecule has 1 aromatic carbocycles. The molecule has 4 heteroatoms. The Morgan fingerprint density at radius 2 is 2.20 bits per heavy atom. The largest absolute Gasteiger partial charge is 0.370 e. The molecule has 0 radical (unpaired) electrons. The van der Waals surface area contributed by atoms with Crippen molar-refractivity contribution in [2.45, 2.75) is 33.2 Å². The van der Waals surface area contributed by atoms with Gasteiger partial charge in [-0.2, -0.15) is 0 Å². The van der Waals surface area contributed by atoms with E-state index < -0.39 is 0 Å². The van der Waals surface area contributed by atoms with Crippen LogP contribution in [0, 0.1) is 6.92 Å². The number of nitrogens with zero attached hydrogens (tertiary/aromatic N) is 2. The van der Waals surface area contributed by atoms with Crippen LogP contribution in [0.3, 0.4) is 0 Å². The second kappa shape index (κ2) is 5.13. The zero-order valence-corrected chi connectivity index (χ0v) is 13.0. The Bertz CT molecular complexity index is 683. The van der Waals surface area contributed by atoms with Crippen molar-refractivity contribution >= 4 is 28.3 Å². The summed E-state index contributed by atoms with van der Waals surface area (Å²) in [6, 6.07) is 6.40. The molecule has 0 saturated carbocycles. The molecule has 0 saturated heterocycles. The van der Waals surface area contributed by atoms with E-state index in [4.69, 9.17) is 11.6 Å². The topological polar surface area (TPSA) is 29.3 Å². The molecule has 1 N–H and O–H groups in total. The van der Waals surface area contributed by atoms with Gasteiger partial charge in [-0.3, -0.25) is 4.99 Å². The number of amidine groups is 1. The predicted octanol–water partition coefficient (Wildman–Crippen LogP) is 3.73. The van der Waals surface area contributed by atoms with Gasteiger partial charge in [-0.15, -0.1) is 0 Å². The van der Waals surface area contributed by atoms with E-state index in [1.807, 2.05) is 6.07 Å². The Kier molecular flexibility index (Phi) is 3.47. The van der Waals surface area contributed by atoms with Crippen LogP contribution in [0.15, 0.2) is 23.2 Å². The predicted molar refractivity (Wildman–Crippen MR) is 86.1 cm³/mol. The van der Waals surface area contributed by atoms with Gasteiger partial charge in [0, 0.05) is 17.6 Å². The zero-order chi connectivity index (χ0) is 14.3. The third-order valence-electron chi connectivity index (χ3n) is 3.92. The Labute approximate surface area is 124 Å². The van der Waals surface area contributed by atoms with Gasteiger partial charge in [0.15, 0.2) is 0 Å². The van der Waals surface area contributed by atoms with E-state index in [1.54, 1.807) is 0 Å². The van der Waals surface area contributed by atoms with E-state index >= 15 is 0 Å². The molecule has 106 valence electrons. The Morgan fingerprint density at radius 1 is 1.40 bits per heavy atom. The van der Waals surface area contributed by atoms with Crippen molar-refractivity contribution in [2.24, 2.45) is 4.99 Å². The lowest BCUT2D eigenvalue weighted by Crippen LogP contribution is -2.24. The molecule has 0 fully saturated rings. The number of nitrogens with one attached hydrogen (secondary N) is 1. The van der Waals surface area contributed by atoms with Crippen molar-refractivity contribution in [3.05, 3.63) is 34.5 Å². The highest BCUT2D eigenvalue weighted by molar-refractivity contribution is 6.35. The van der Waals surface area contributed by atoms with Crippen molar-refractivity contribution in [3.8, 4) is 0 Å². The van der Waals surface area contributed by atoms with Crippen LogP contribution in [0.5, 0.6) is 0 Å². The minimum Gasteiger partial charge on any atom is -0.370 e. The summed E-state index contributed by atoms with van der Waals surface area (Å²) in [5.74, 6) is 1.54. The molecule has 2 aromatic rings. The average Bonchev–Trinajstić information content (AvgIpc) is 2.99. The smallest absolute Gasteiger partial charge is 0.117 e. The van der Waals surface area contributed by atoms with Crippen molar-refractivity contribution in [3.63, 3.8) is 0 Å². The molecule has 0 spiro atoms. The number of halogens is 1. The van der Waals surface area contributed by atoms with Crippen molar-refractivity contribution in [1.29, 1.82) is 0 Å². The molecule has 0 aliphatic carbocycles. The van der Waals surface area contributed by atoms with E-state index in [0.717, 1.165) is 36.0 Å². The normalized spacial score (nSPS) is 14.9. The first kappa shape index (κ1) is 13.5. The first-order chi connectivity index (χ1) is 9.58. The van der Waals surface area contributed by atoms with Crippen LogP contribution in [0.2, 0.25) is 5.02 Å². The van der Waals surface area contributed by atoms with E-state index in [0.29, 0.717) is 5.92 Å². The molecule has 0 bridgehead atoms. The lowest BCUT2D eigenvalue weighted by atomic mass is 9.99. The second-order valence-corrected chi connectivity index (χ2v) is 6.09. The number of aryl methyl sites for hydroxylation is 1. The number of aromatic nitrogens is 1. The third kappa shape index (κ3) is 2.20. The van der Waals surface area contributed by atoms with Crippen LogP contribution in [0.4, 0.5) is 0 Å². The number of benzene rings is 1. The standard InChI is InChI=1S/C16H20ClN3/c1-10(2)12-4-5-14(17)16-13(12)8-11(3)20(16)9-15-18-6-7-19-15/h4-5,8,10H,6-7,9H2,1-3H3,(H,18,19). The fourth-order valence-electron chi connectivity index (χ4n) is 2.90. The number of hydrogen-bond acceptors (Lipinski definition) is 2. The molecule has 1 aromatic heterocycles. The summed E-state index contributed by atoms with van der Waals surface area (Å²) in [6.45, 7) is 9.17. The minimum absolute atomic E-state index is 0.493. The van der Waals surface area contributed by atoms with Gasteiger partial charge in [-0.25, -0.2) is 0 Å². The van der Waals surface area contributed by atoms with Gasteiger partial charge in [0.1, 0.15) is 5.84 Å². The summed E-state index contributed by atoms with van der Waals surface area (Å²) < 4.78 is 2.26. The highest BCUT2D eigenvalue weighted by Gasteiger charge is 2.16. The van der Waals surface area contributed by atoms with Crippen LogP contribution < -0.4 is 5.32 Å². The molecule has 0 amide bonds. The highest BCUT2D eigenvalue weighted by Crippen LogP contribution is 2.33. The maximum atomic E-state index is 6.46. The number of fused-ring (bicyclic) bond motifs is 1. The molecule has 20 heavy (non-hydrogen) atoms. The number of rotatable bonds is 3. The molecule has 2 heterocycles. The molecule has 0 unspecified atom stereocenters. The minimum atomic E-state index is 0.493. The Morgan fingerprint density at radius 3 is 2.85 bits per heavy atom. The maximum absolute atomic E-state index is 6.46. The van der Waals surface area contributed by atoms with Crippen LogP contribution in [-0.4, -0.2) is 23.5 Å². The third-order valence-corrected chi connectivity index (χ3v) is 4.23. The van der Waals surface area contributed by atoms with Gasteiger partial charge in [-0.05, 0) is 30.5 Å². The summed E-state index contributed by atoms with van der Waals surface area (Å²) >= 11 is 6.46. The summed E-state index contributed by atoms with van der Waals surface area (Å²) in [4.78, 5) is 4.49. The maximum Gasteiger partial charge on any atom is 0.117 e. The number of aliphatic imine (C=N–C) groups is 1. The monoisotopic (exact) mass is 289 g/mol. The van der Waals surface area contributed by atoms with Crippen molar-refractivity contribution in [1.82, 2.24) is 9.88 Å². The highest BCUT2D eigenvalue weighted by atomic mass is 35.5. The fraction of sp³-hybridized carbons (Fsp3) is 0.438.